The predicted octanol–water partition coefficient (Wildman–Crippen LogP) is 10.2. The van der Waals surface area contributed by atoms with Crippen molar-refractivity contribution in [1.29, 1.82) is 0 Å². The number of allylic oxidation sites excluding steroid dienone is 2. The summed E-state index contributed by atoms with van der Waals surface area (Å²) in [5.41, 5.74) is 10.5. The van der Waals surface area contributed by atoms with Gasteiger partial charge >= 0.3 is 21.1 Å². The van der Waals surface area contributed by atoms with Gasteiger partial charge in [-0.15, -0.1) is 35.7 Å². The molecule has 3 aromatic carbocycles. The third kappa shape index (κ3) is 6.00. The third-order valence-corrected chi connectivity index (χ3v) is 9.54. The number of para-hydroxylation sites is 1. The van der Waals surface area contributed by atoms with E-state index in [1.54, 1.807) is 0 Å². The Labute approximate surface area is 292 Å². The van der Waals surface area contributed by atoms with Crippen molar-refractivity contribution in [2.45, 2.75) is 73.6 Å². The number of hydrogen-bond donors (Lipinski definition) is 0. The molecule has 242 valence electrons. The van der Waals surface area contributed by atoms with Crippen molar-refractivity contribution >= 4 is 21.8 Å². The Hall–Kier alpha value is -3.95. The predicted molar refractivity (Wildman–Crippen MR) is 188 cm³/mol. The number of hydrogen-bond acceptors (Lipinski definition) is 3. The van der Waals surface area contributed by atoms with E-state index < -0.39 is 0 Å². The molecule has 5 nitrogen and oxygen atoms in total. The van der Waals surface area contributed by atoms with Gasteiger partial charge in [0.2, 0.25) is 0 Å². The normalized spacial score (nSPS) is 17.9. The molecule has 7 rings (SSSR count). The van der Waals surface area contributed by atoms with Crippen LogP contribution in [-0.2, 0) is 33.9 Å². The molecule has 0 radical (unpaired) electrons. The second-order valence-electron chi connectivity index (χ2n) is 13.1. The van der Waals surface area contributed by atoms with E-state index in [1.807, 2.05) is 24.4 Å². The molecule has 0 amide bonds. The number of rotatable bonds is 7. The van der Waals surface area contributed by atoms with Gasteiger partial charge in [-0.3, -0.25) is 4.68 Å². The van der Waals surface area contributed by atoms with Gasteiger partial charge in [0, 0.05) is 40.4 Å². The second kappa shape index (κ2) is 13.3. The number of nitrogens with zero attached hydrogens (tertiary/aromatic N) is 4. The summed E-state index contributed by atoms with van der Waals surface area (Å²) in [6, 6.07) is 28.0. The Morgan fingerprint density at radius 3 is 2.43 bits per heavy atom. The first-order valence-electron chi connectivity index (χ1n) is 16.6. The van der Waals surface area contributed by atoms with Gasteiger partial charge in [0.25, 0.3) is 0 Å². The zero-order valence-electron chi connectivity index (χ0n) is 28.3. The van der Waals surface area contributed by atoms with E-state index in [0.29, 0.717) is 29.3 Å². The van der Waals surface area contributed by atoms with Crippen LogP contribution in [0.1, 0.15) is 75.0 Å². The standard InChI is InChI=1S/C41H42N4O.Pt/c1-8-35-41(40-28(6)18-26(4)19-29(40)7)36(9-2)45(43-35)30-20-27(5)21-32(23-30)46-31-14-15-34-33-12-10-11-13-37(33)44(38(34)24-31)39-22-25(3)16-17-42-39;/h10-18,20-22,26,29,40H,8-9,19H2,1-7H3;/q-2;+2/t26-,29-,40?;/m0./s1. The summed E-state index contributed by atoms with van der Waals surface area (Å²) in [5.74, 6) is 3.73. The fourth-order valence-electron chi connectivity index (χ4n) is 7.74. The molecule has 0 spiro atoms. The maximum Gasteiger partial charge on any atom is 2.00 e. The topological polar surface area (TPSA) is 44.9 Å². The monoisotopic (exact) mass is 801 g/mol. The zero-order chi connectivity index (χ0) is 32.1. The number of benzene rings is 3. The van der Waals surface area contributed by atoms with Gasteiger partial charge < -0.3 is 9.30 Å². The van der Waals surface area contributed by atoms with Gasteiger partial charge in [0.05, 0.1) is 5.69 Å². The minimum Gasteiger partial charge on any atom is -0.509 e. The summed E-state index contributed by atoms with van der Waals surface area (Å²) in [6.45, 7) is 15.7. The smallest absolute Gasteiger partial charge is 0.509 e. The SMILES string of the molecule is CCc1nn(-c2[c-]c(Oc3[c-]c4c(cc3)c3ccccc3n4-c3cc(C)ccn3)cc(C)c2)c(CC)c1C1C(C)=C[C@H](C)C[C@@H]1C.[Pt+2]. The van der Waals surface area contributed by atoms with Gasteiger partial charge in [-0.2, -0.15) is 16.7 Å². The van der Waals surface area contributed by atoms with Crippen LogP contribution in [0, 0.1) is 37.8 Å². The van der Waals surface area contributed by atoms with Crippen molar-refractivity contribution in [3.05, 3.63) is 119 Å². The van der Waals surface area contributed by atoms with Crippen LogP contribution in [0.5, 0.6) is 11.5 Å². The van der Waals surface area contributed by atoms with Crippen LogP contribution in [0.2, 0.25) is 0 Å². The van der Waals surface area contributed by atoms with Crippen molar-refractivity contribution in [3.8, 4) is 23.0 Å². The molecule has 0 fully saturated rings. The average Bonchev–Trinajstić information content (AvgIpc) is 3.55. The molecule has 47 heavy (non-hydrogen) atoms. The first kappa shape index (κ1) is 33.0. The van der Waals surface area contributed by atoms with E-state index in [0.717, 1.165) is 57.3 Å². The number of fused-ring (bicyclic) bond motifs is 3. The quantitative estimate of drug-likeness (QED) is 0.119. The molecule has 1 aliphatic carbocycles. The molecule has 1 aliphatic rings. The summed E-state index contributed by atoms with van der Waals surface area (Å²) in [5, 5.41) is 7.50. The number of ether oxygens (including phenoxy) is 1. The van der Waals surface area contributed by atoms with Gasteiger partial charge in [-0.05, 0) is 79.8 Å². The number of pyridine rings is 1. The largest absolute Gasteiger partial charge is 2.00 e. The Kier molecular flexibility index (Phi) is 9.31. The van der Waals surface area contributed by atoms with Crippen molar-refractivity contribution in [1.82, 2.24) is 19.3 Å². The summed E-state index contributed by atoms with van der Waals surface area (Å²) < 4.78 is 10.8. The van der Waals surface area contributed by atoms with Crippen LogP contribution in [0.4, 0.5) is 0 Å². The minimum absolute atomic E-state index is 0. The van der Waals surface area contributed by atoms with Crippen LogP contribution in [0.15, 0.2) is 78.5 Å². The summed E-state index contributed by atoms with van der Waals surface area (Å²) in [4.78, 5) is 4.71. The average molecular weight is 802 g/mol. The molecule has 0 bridgehead atoms. The van der Waals surface area contributed by atoms with Gasteiger partial charge in [0.15, 0.2) is 0 Å². The Bertz CT molecular complexity index is 2120. The Balaban J connectivity index is 0.00000386. The van der Waals surface area contributed by atoms with Gasteiger partial charge in [0.1, 0.15) is 5.82 Å². The Morgan fingerprint density at radius 2 is 1.68 bits per heavy atom. The zero-order valence-corrected chi connectivity index (χ0v) is 30.6. The minimum atomic E-state index is 0. The number of aryl methyl sites for hydroxylation is 3. The van der Waals surface area contributed by atoms with Crippen LogP contribution in [-0.4, -0.2) is 19.3 Å². The van der Waals surface area contributed by atoms with Crippen molar-refractivity contribution < 1.29 is 25.8 Å². The molecule has 1 unspecified atom stereocenters. The molecule has 0 saturated carbocycles. The third-order valence-electron chi connectivity index (χ3n) is 9.54. The van der Waals surface area contributed by atoms with Crippen LogP contribution < -0.4 is 4.74 Å². The van der Waals surface area contributed by atoms with E-state index in [1.165, 1.54) is 28.9 Å². The van der Waals surface area contributed by atoms with E-state index in [2.05, 4.69) is 118 Å². The van der Waals surface area contributed by atoms with E-state index in [4.69, 9.17) is 14.8 Å². The van der Waals surface area contributed by atoms with Crippen LogP contribution >= 0.6 is 0 Å². The molecule has 3 aromatic heterocycles. The maximum atomic E-state index is 6.54. The van der Waals surface area contributed by atoms with Gasteiger partial charge in [-0.1, -0.05) is 70.0 Å². The van der Waals surface area contributed by atoms with Crippen LogP contribution in [0.25, 0.3) is 33.3 Å². The molecule has 0 aliphatic heterocycles. The molecule has 0 N–H and O–H groups in total. The summed E-state index contributed by atoms with van der Waals surface area (Å²) in [6.07, 6.45) is 7.32. The van der Waals surface area contributed by atoms with Gasteiger partial charge in [-0.25, -0.2) is 4.98 Å². The molecule has 3 atom stereocenters. The van der Waals surface area contributed by atoms with Crippen molar-refractivity contribution in [2.75, 3.05) is 0 Å². The van der Waals surface area contributed by atoms with E-state index in [-0.39, 0.29) is 21.1 Å². The molecular weight excluding hydrogens is 760 g/mol. The first-order valence-corrected chi connectivity index (χ1v) is 16.6. The fraction of sp³-hybridized carbons (Fsp3) is 0.317. The molecule has 6 aromatic rings. The second-order valence-corrected chi connectivity index (χ2v) is 13.1. The first-order chi connectivity index (χ1) is 22.2. The fourth-order valence-corrected chi connectivity index (χ4v) is 7.74. The van der Waals surface area contributed by atoms with E-state index in [9.17, 15) is 0 Å². The number of aromatic nitrogens is 4. The molecule has 3 heterocycles. The molecule has 0 saturated heterocycles. The summed E-state index contributed by atoms with van der Waals surface area (Å²) in [7, 11) is 0. The summed E-state index contributed by atoms with van der Waals surface area (Å²) >= 11 is 0. The molecule has 6 heteroatoms. The van der Waals surface area contributed by atoms with Crippen molar-refractivity contribution in [2.24, 2.45) is 11.8 Å². The Morgan fingerprint density at radius 1 is 0.872 bits per heavy atom. The van der Waals surface area contributed by atoms with E-state index >= 15 is 0 Å². The van der Waals surface area contributed by atoms with Crippen LogP contribution in [0.3, 0.4) is 0 Å². The molecular formula is C41H42N4OPt. The maximum absolute atomic E-state index is 6.54. The van der Waals surface area contributed by atoms with Crippen molar-refractivity contribution in [3.63, 3.8) is 0 Å².